The first-order valence-electron chi connectivity index (χ1n) is 7.69. The zero-order valence-corrected chi connectivity index (χ0v) is 15.1. The highest BCUT2D eigenvalue weighted by molar-refractivity contribution is 8.00. The van der Waals surface area contributed by atoms with Crippen LogP contribution < -0.4 is 5.32 Å². The van der Waals surface area contributed by atoms with E-state index in [-0.39, 0.29) is 18.5 Å². The third-order valence-corrected chi connectivity index (χ3v) is 6.09. The molecule has 3 rings (SSSR count). The number of anilines is 1. The monoisotopic (exact) mass is 365 g/mol. The highest BCUT2D eigenvalue weighted by Crippen LogP contribution is 2.30. The van der Waals surface area contributed by atoms with Crippen LogP contribution in [0.25, 0.3) is 10.2 Å². The molecular weight excluding hydrogens is 346 g/mol. The maximum atomic E-state index is 12.5. The lowest BCUT2D eigenvalue weighted by Gasteiger charge is -2.34. The van der Waals surface area contributed by atoms with E-state index in [0.717, 1.165) is 14.6 Å². The summed E-state index contributed by atoms with van der Waals surface area (Å²) in [5, 5.41) is 12.1. The minimum atomic E-state index is -0.838. The SMILES string of the molecule is CSc1nc2ccc(NC(=O)N3CC(C)CC(C(=O)O)C3)cc2s1. The first-order chi connectivity index (χ1) is 11.5. The van der Waals surface area contributed by atoms with Gasteiger partial charge in [-0.1, -0.05) is 18.7 Å². The van der Waals surface area contributed by atoms with Crippen LogP contribution in [0.2, 0.25) is 0 Å². The Bertz CT molecular complexity index is 777. The minimum Gasteiger partial charge on any atom is -0.481 e. The van der Waals surface area contributed by atoms with Gasteiger partial charge in [-0.15, -0.1) is 11.3 Å². The molecule has 2 unspecified atom stereocenters. The number of urea groups is 1. The van der Waals surface area contributed by atoms with Crippen molar-refractivity contribution in [1.82, 2.24) is 9.88 Å². The number of nitrogens with zero attached hydrogens (tertiary/aromatic N) is 2. The number of likely N-dealkylation sites (tertiary alicyclic amines) is 1. The maximum absolute atomic E-state index is 12.5. The van der Waals surface area contributed by atoms with Crippen molar-refractivity contribution in [2.75, 3.05) is 24.7 Å². The lowest BCUT2D eigenvalue weighted by atomic mass is 9.91. The zero-order chi connectivity index (χ0) is 17.3. The van der Waals surface area contributed by atoms with Gasteiger partial charge in [0.2, 0.25) is 0 Å². The molecule has 24 heavy (non-hydrogen) atoms. The smallest absolute Gasteiger partial charge is 0.321 e. The van der Waals surface area contributed by atoms with Crippen LogP contribution >= 0.6 is 23.1 Å². The Morgan fingerprint density at radius 3 is 2.92 bits per heavy atom. The average Bonchev–Trinajstić information content (AvgIpc) is 2.96. The molecule has 0 radical (unpaired) electrons. The number of rotatable bonds is 3. The fourth-order valence-corrected chi connectivity index (χ4v) is 4.50. The summed E-state index contributed by atoms with van der Waals surface area (Å²) in [6, 6.07) is 5.38. The number of aliphatic carboxylic acids is 1. The summed E-state index contributed by atoms with van der Waals surface area (Å²) in [5.74, 6) is -1.15. The standard InChI is InChI=1S/C16H19N3O3S2/c1-9-5-10(14(20)21)8-19(7-9)15(22)17-11-3-4-12-13(6-11)24-16(18-12)23-2/h3-4,6,9-10H,5,7-8H2,1-2H3,(H,17,22)(H,20,21). The fourth-order valence-electron chi connectivity index (χ4n) is 2.97. The van der Waals surface area contributed by atoms with Crippen molar-refractivity contribution >= 4 is 51.0 Å². The molecule has 6 nitrogen and oxygen atoms in total. The predicted octanol–water partition coefficient (Wildman–Crippen LogP) is 3.59. The van der Waals surface area contributed by atoms with E-state index in [1.807, 2.05) is 31.4 Å². The van der Waals surface area contributed by atoms with E-state index < -0.39 is 11.9 Å². The Morgan fingerprint density at radius 2 is 2.21 bits per heavy atom. The van der Waals surface area contributed by atoms with Gasteiger partial charge < -0.3 is 15.3 Å². The summed E-state index contributed by atoms with van der Waals surface area (Å²) >= 11 is 3.18. The maximum Gasteiger partial charge on any atom is 0.321 e. The summed E-state index contributed by atoms with van der Waals surface area (Å²) < 4.78 is 2.01. The largest absolute Gasteiger partial charge is 0.481 e. The van der Waals surface area contributed by atoms with Crippen LogP contribution in [0.3, 0.4) is 0 Å². The molecule has 1 aromatic heterocycles. The van der Waals surface area contributed by atoms with E-state index in [1.165, 1.54) is 0 Å². The van der Waals surface area contributed by atoms with Crippen molar-refractivity contribution in [2.24, 2.45) is 11.8 Å². The van der Waals surface area contributed by atoms with E-state index in [9.17, 15) is 14.7 Å². The van der Waals surface area contributed by atoms with E-state index >= 15 is 0 Å². The van der Waals surface area contributed by atoms with Crippen LogP contribution in [0, 0.1) is 11.8 Å². The second-order valence-electron chi connectivity index (χ2n) is 6.08. The van der Waals surface area contributed by atoms with Gasteiger partial charge in [-0.25, -0.2) is 9.78 Å². The number of fused-ring (bicyclic) bond motifs is 1. The fraction of sp³-hybridized carbons (Fsp3) is 0.438. The molecule has 0 spiro atoms. The number of hydrogen-bond donors (Lipinski definition) is 2. The molecule has 8 heteroatoms. The van der Waals surface area contributed by atoms with Crippen molar-refractivity contribution in [3.8, 4) is 0 Å². The molecule has 1 aliphatic rings. The zero-order valence-electron chi connectivity index (χ0n) is 13.5. The van der Waals surface area contributed by atoms with Crippen LogP contribution in [0.5, 0.6) is 0 Å². The Morgan fingerprint density at radius 1 is 1.42 bits per heavy atom. The summed E-state index contributed by atoms with van der Waals surface area (Å²) in [5.41, 5.74) is 1.62. The number of piperidine rings is 1. The van der Waals surface area contributed by atoms with Crippen molar-refractivity contribution < 1.29 is 14.7 Å². The summed E-state index contributed by atoms with van der Waals surface area (Å²) in [7, 11) is 0. The molecular formula is C16H19N3O3S2. The number of aromatic nitrogens is 1. The Balaban J connectivity index is 1.72. The quantitative estimate of drug-likeness (QED) is 0.812. The second-order valence-corrected chi connectivity index (χ2v) is 8.16. The number of hydrogen-bond acceptors (Lipinski definition) is 5. The van der Waals surface area contributed by atoms with Crippen molar-refractivity contribution in [3.63, 3.8) is 0 Å². The van der Waals surface area contributed by atoms with Gasteiger partial charge in [0.05, 0.1) is 16.1 Å². The molecule has 2 aromatic rings. The average molecular weight is 365 g/mol. The Hall–Kier alpha value is -1.80. The molecule has 1 aromatic carbocycles. The van der Waals surface area contributed by atoms with Gasteiger partial charge in [-0.2, -0.15) is 0 Å². The molecule has 2 amide bonds. The van der Waals surface area contributed by atoms with Gasteiger partial charge >= 0.3 is 12.0 Å². The first-order valence-corrected chi connectivity index (χ1v) is 9.73. The van der Waals surface area contributed by atoms with Gasteiger partial charge in [0.1, 0.15) is 0 Å². The van der Waals surface area contributed by atoms with Crippen LogP contribution in [-0.2, 0) is 4.79 Å². The number of carbonyl (C=O) groups excluding carboxylic acids is 1. The highest BCUT2D eigenvalue weighted by atomic mass is 32.2. The van der Waals surface area contributed by atoms with E-state index in [2.05, 4.69) is 10.3 Å². The molecule has 0 saturated carbocycles. The van der Waals surface area contributed by atoms with Gasteiger partial charge in [-0.05, 0) is 36.8 Å². The Kier molecular flexibility index (Phi) is 4.96. The van der Waals surface area contributed by atoms with Crippen LogP contribution in [0.1, 0.15) is 13.3 Å². The van der Waals surface area contributed by atoms with Gasteiger partial charge in [-0.3, -0.25) is 4.79 Å². The minimum absolute atomic E-state index is 0.179. The number of carboxylic acid groups (broad SMARTS) is 1. The number of benzene rings is 1. The molecule has 128 valence electrons. The lowest BCUT2D eigenvalue weighted by molar-refractivity contribution is -0.143. The number of carboxylic acids is 1. The number of amides is 2. The molecule has 1 saturated heterocycles. The molecule has 1 fully saturated rings. The van der Waals surface area contributed by atoms with Crippen molar-refractivity contribution in [3.05, 3.63) is 18.2 Å². The second kappa shape index (κ2) is 6.98. The van der Waals surface area contributed by atoms with Crippen molar-refractivity contribution in [2.45, 2.75) is 17.7 Å². The van der Waals surface area contributed by atoms with E-state index in [1.54, 1.807) is 28.0 Å². The van der Waals surface area contributed by atoms with Crippen LogP contribution in [-0.4, -0.2) is 46.3 Å². The van der Waals surface area contributed by atoms with Gasteiger partial charge in [0.25, 0.3) is 0 Å². The third-order valence-electron chi connectivity index (χ3n) is 4.09. The van der Waals surface area contributed by atoms with Crippen LogP contribution in [0.4, 0.5) is 10.5 Å². The topological polar surface area (TPSA) is 82.5 Å². The molecule has 0 bridgehead atoms. The molecule has 0 aliphatic carbocycles. The van der Waals surface area contributed by atoms with Crippen LogP contribution in [0.15, 0.2) is 22.5 Å². The van der Waals surface area contributed by atoms with Crippen molar-refractivity contribution in [1.29, 1.82) is 0 Å². The number of carbonyl (C=O) groups is 2. The predicted molar refractivity (Wildman–Crippen MR) is 96.9 cm³/mol. The first kappa shape index (κ1) is 17.0. The van der Waals surface area contributed by atoms with Gasteiger partial charge in [0.15, 0.2) is 4.34 Å². The number of nitrogens with one attached hydrogen (secondary N) is 1. The normalized spacial score (nSPS) is 21.0. The van der Waals surface area contributed by atoms with E-state index in [0.29, 0.717) is 18.7 Å². The molecule has 2 N–H and O–H groups in total. The summed E-state index contributed by atoms with van der Waals surface area (Å²) in [4.78, 5) is 29.8. The van der Waals surface area contributed by atoms with Gasteiger partial charge in [0, 0.05) is 18.8 Å². The molecule has 2 heterocycles. The number of thiazole rings is 1. The molecule has 2 atom stereocenters. The molecule has 1 aliphatic heterocycles. The summed E-state index contributed by atoms with van der Waals surface area (Å²) in [6.45, 7) is 2.81. The lowest BCUT2D eigenvalue weighted by Crippen LogP contribution is -2.47. The number of thioether (sulfide) groups is 1. The Labute approximate surface area is 148 Å². The van der Waals surface area contributed by atoms with E-state index in [4.69, 9.17) is 0 Å². The highest BCUT2D eigenvalue weighted by Gasteiger charge is 2.31. The summed E-state index contributed by atoms with van der Waals surface area (Å²) in [6.07, 6.45) is 2.60. The third kappa shape index (κ3) is 3.64.